The van der Waals surface area contributed by atoms with Crippen LogP contribution < -0.4 is 5.73 Å². The molecule has 35 heavy (non-hydrogen) atoms. The zero-order valence-electron chi connectivity index (χ0n) is 23.2. The van der Waals surface area contributed by atoms with Gasteiger partial charge in [0.2, 0.25) is 0 Å². The summed E-state index contributed by atoms with van der Waals surface area (Å²) in [6, 6.07) is 0. The Balaban J connectivity index is 1.72. The van der Waals surface area contributed by atoms with Crippen molar-refractivity contribution in [1.29, 1.82) is 0 Å². The molecule has 2 saturated carbocycles. The van der Waals surface area contributed by atoms with E-state index in [1.54, 1.807) is 0 Å². The molecule has 0 aromatic carbocycles. The highest BCUT2D eigenvalue weighted by molar-refractivity contribution is 5.71. The van der Waals surface area contributed by atoms with Gasteiger partial charge in [-0.1, -0.05) is 72.8 Å². The summed E-state index contributed by atoms with van der Waals surface area (Å²) < 4.78 is 0. The molecule has 0 saturated heterocycles. The lowest BCUT2D eigenvalue weighted by atomic mass is 9.41. The van der Waals surface area contributed by atoms with E-state index in [2.05, 4.69) is 67.2 Å². The fourth-order valence-electron chi connectivity index (χ4n) is 8.77. The normalized spacial score (nSPS) is 42.9. The van der Waals surface area contributed by atoms with Crippen LogP contribution in [0.4, 0.5) is 0 Å². The van der Waals surface area contributed by atoms with Crippen molar-refractivity contribution >= 4 is 5.97 Å². The Hall–Kier alpha value is -1.39. The number of rotatable bonds is 6. The maximum absolute atomic E-state index is 12.6. The third kappa shape index (κ3) is 3.41. The van der Waals surface area contributed by atoms with Crippen LogP contribution in [0, 0.1) is 39.4 Å². The standard InChI is InChI=1S/C31H49NO3/c1-19(2)20(3)9-10-21(26(34)35)22-11-15-29(7)23-13-18-31(32)27(4,5)25(33)14-17-30(31,8)24(23)12-16-28(22,29)6/h12-13,19,21-22,25,33H,3,9-11,14-18,32H2,1-2,4-8H3,(H,34,35)/t21-,22-,25+,28-,29+,30-,31-/m1/s1. The minimum atomic E-state index is -0.652. The van der Waals surface area contributed by atoms with Gasteiger partial charge >= 0.3 is 5.97 Å². The van der Waals surface area contributed by atoms with Gasteiger partial charge in [-0.05, 0) is 85.2 Å². The molecule has 0 aliphatic heterocycles. The van der Waals surface area contributed by atoms with E-state index in [4.69, 9.17) is 5.73 Å². The van der Waals surface area contributed by atoms with Gasteiger partial charge < -0.3 is 15.9 Å². The van der Waals surface area contributed by atoms with E-state index in [0.717, 1.165) is 50.5 Å². The second-order valence-corrected chi connectivity index (χ2v) is 13.9. The second-order valence-electron chi connectivity index (χ2n) is 13.9. The van der Waals surface area contributed by atoms with Crippen molar-refractivity contribution in [2.24, 2.45) is 45.1 Å². The first-order valence-corrected chi connectivity index (χ1v) is 13.9. The minimum absolute atomic E-state index is 0.0605. The van der Waals surface area contributed by atoms with Crippen LogP contribution in [0.1, 0.15) is 99.8 Å². The summed E-state index contributed by atoms with van der Waals surface area (Å²) in [5.41, 5.74) is 9.98. The van der Waals surface area contributed by atoms with Crippen molar-refractivity contribution in [1.82, 2.24) is 0 Å². The summed E-state index contributed by atoms with van der Waals surface area (Å²) in [7, 11) is 0. The third-order valence-electron chi connectivity index (χ3n) is 12.2. The maximum atomic E-state index is 12.6. The highest BCUT2D eigenvalue weighted by Crippen LogP contribution is 2.72. The van der Waals surface area contributed by atoms with Gasteiger partial charge in [-0.25, -0.2) is 0 Å². The van der Waals surface area contributed by atoms with Gasteiger partial charge in [-0.3, -0.25) is 4.79 Å². The molecule has 0 amide bonds. The van der Waals surface area contributed by atoms with Crippen molar-refractivity contribution in [2.75, 3.05) is 0 Å². The quantitative estimate of drug-likeness (QED) is 0.369. The average molecular weight is 484 g/mol. The first kappa shape index (κ1) is 26.7. The van der Waals surface area contributed by atoms with Crippen molar-refractivity contribution in [3.05, 3.63) is 35.5 Å². The molecule has 0 radical (unpaired) electrons. The molecule has 0 spiro atoms. The molecule has 4 aliphatic carbocycles. The molecule has 196 valence electrons. The molecule has 0 aromatic heterocycles. The molecule has 4 aliphatic rings. The SMILES string of the molecule is C=C(CC[C@@H](C(=O)O)[C@H]1CC[C@@]2(C)C3=CC[C@@]4(N)C(C)(C)[C@@H](O)CC[C@]4(C)C3=CC[C@]12C)C(C)C. The fraction of sp³-hybridized carbons (Fsp3) is 0.774. The van der Waals surface area contributed by atoms with Gasteiger partial charge in [0.25, 0.3) is 0 Å². The van der Waals surface area contributed by atoms with Crippen molar-refractivity contribution < 1.29 is 15.0 Å². The average Bonchev–Trinajstić information content (AvgIpc) is 3.04. The predicted octanol–water partition coefficient (Wildman–Crippen LogP) is 6.65. The number of carboxylic acid groups (broad SMARTS) is 1. The topological polar surface area (TPSA) is 83.5 Å². The molecule has 0 aromatic rings. The van der Waals surface area contributed by atoms with Crippen LogP contribution in [-0.2, 0) is 4.79 Å². The number of fused-ring (bicyclic) bond motifs is 5. The van der Waals surface area contributed by atoms with Gasteiger partial charge in [-0.2, -0.15) is 0 Å². The van der Waals surface area contributed by atoms with Crippen molar-refractivity contribution in [2.45, 2.75) is 111 Å². The lowest BCUT2D eigenvalue weighted by Crippen LogP contribution is -2.71. The molecule has 0 unspecified atom stereocenters. The Morgan fingerprint density at radius 3 is 2.23 bits per heavy atom. The monoisotopic (exact) mass is 483 g/mol. The van der Waals surface area contributed by atoms with Gasteiger partial charge in [0.1, 0.15) is 0 Å². The molecule has 4 heteroatoms. The molecule has 0 bridgehead atoms. The summed E-state index contributed by atoms with van der Waals surface area (Å²) >= 11 is 0. The van der Waals surface area contributed by atoms with Gasteiger partial charge in [0.15, 0.2) is 0 Å². The summed E-state index contributed by atoms with van der Waals surface area (Å²) in [6.45, 7) is 19.8. The lowest BCUT2D eigenvalue weighted by molar-refractivity contribution is -0.146. The number of aliphatic carboxylic acids is 1. The summed E-state index contributed by atoms with van der Waals surface area (Å²) in [5, 5.41) is 21.2. The van der Waals surface area contributed by atoms with Crippen LogP contribution in [0.3, 0.4) is 0 Å². The zero-order chi connectivity index (χ0) is 26.2. The Labute approximate surface area is 213 Å². The van der Waals surface area contributed by atoms with Crippen LogP contribution >= 0.6 is 0 Å². The number of aliphatic hydroxyl groups excluding tert-OH is 1. The number of carbonyl (C=O) groups is 1. The maximum Gasteiger partial charge on any atom is 0.306 e. The Bertz CT molecular complexity index is 976. The smallest absolute Gasteiger partial charge is 0.306 e. The number of allylic oxidation sites excluding steroid dienone is 3. The van der Waals surface area contributed by atoms with E-state index in [-0.39, 0.29) is 33.5 Å². The second kappa shape index (κ2) is 8.31. The van der Waals surface area contributed by atoms with Gasteiger partial charge in [0.05, 0.1) is 12.0 Å². The molecule has 4 rings (SSSR count). The van der Waals surface area contributed by atoms with Crippen LogP contribution in [0.25, 0.3) is 0 Å². The third-order valence-corrected chi connectivity index (χ3v) is 12.2. The van der Waals surface area contributed by atoms with E-state index < -0.39 is 17.6 Å². The van der Waals surface area contributed by atoms with E-state index >= 15 is 0 Å². The molecular weight excluding hydrogens is 434 g/mol. The summed E-state index contributed by atoms with van der Waals surface area (Å²) in [4.78, 5) is 12.6. The molecule has 7 atom stereocenters. The van der Waals surface area contributed by atoms with E-state index in [0.29, 0.717) is 12.3 Å². The fourth-order valence-corrected chi connectivity index (χ4v) is 8.77. The van der Waals surface area contributed by atoms with Crippen LogP contribution in [0.2, 0.25) is 0 Å². The van der Waals surface area contributed by atoms with Crippen LogP contribution in [-0.4, -0.2) is 27.8 Å². The number of aliphatic hydroxyl groups is 1. The Morgan fingerprint density at radius 2 is 1.63 bits per heavy atom. The summed E-state index contributed by atoms with van der Waals surface area (Å²) in [6.07, 6.45) is 11.1. The van der Waals surface area contributed by atoms with Crippen molar-refractivity contribution in [3.63, 3.8) is 0 Å². The van der Waals surface area contributed by atoms with Crippen LogP contribution in [0.5, 0.6) is 0 Å². The van der Waals surface area contributed by atoms with E-state index in [1.165, 1.54) is 11.1 Å². The first-order chi connectivity index (χ1) is 16.1. The highest BCUT2D eigenvalue weighted by atomic mass is 16.4. The number of hydrogen-bond acceptors (Lipinski definition) is 3. The van der Waals surface area contributed by atoms with E-state index in [9.17, 15) is 15.0 Å². The Morgan fingerprint density at radius 1 is 1.06 bits per heavy atom. The molecular formula is C31H49NO3. The lowest BCUT2D eigenvalue weighted by Gasteiger charge is -2.65. The van der Waals surface area contributed by atoms with Gasteiger partial charge in [0, 0.05) is 16.4 Å². The van der Waals surface area contributed by atoms with Crippen molar-refractivity contribution in [3.8, 4) is 0 Å². The number of carboxylic acids is 1. The highest BCUT2D eigenvalue weighted by Gasteiger charge is 2.67. The van der Waals surface area contributed by atoms with Crippen LogP contribution in [0.15, 0.2) is 35.5 Å². The summed E-state index contributed by atoms with van der Waals surface area (Å²) in [5.74, 6) is -0.465. The van der Waals surface area contributed by atoms with E-state index in [1.807, 2.05) is 0 Å². The number of nitrogens with two attached hydrogens (primary N) is 1. The largest absolute Gasteiger partial charge is 0.481 e. The minimum Gasteiger partial charge on any atom is -0.481 e. The molecule has 0 heterocycles. The molecule has 4 nitrogen and oxygen atoms in total. The predicted molar refractivity (Wildman–Crippen MR) is 143 cm³/mol. The first-order valence-electron chi connectivity index (χ1n) is 13.9. The van der Waals surface area contributed by atoms with Gasteiger partial charge in [-0.15, -0.1) is 0 Å². The molecule has 4 N–H and O–H groups in total. The Kier molecular flexibility index (Phi) is 6.33. The molecule has 2 fully saturated rings. The zero-order valence-corrected chi connectivity index (χ0v) is 23.2. The number of hydrogen-bond donors (Lipinski definition) is 3.